The number of carbonyl (C=O) groups excluding carboxylic acids is 3. The van der Waals surface area contributed by atoms with E-state index in [0.29, 0.717) is 0 Å². The highest BCUT2D eigenvalue weighted by Gasteiger charge is 2.31. The normalized spacial score (nSPS) is 13.9. The molecule has 1 aliphatic rings. The van der Waals surface area contributed by atoms with Crippen LogP contribution in [0.15, 0.2) is 48.5 Å². The van der Waals surface area contributed by atoms with Crippen LogP contribution in [0.2, 0.25) is 0 Å². The van der Waals surface area contributed by atoms with Gasteiger partial charge in [0.25, 0.3) is 0 Å². The molecule has 3 rings (SSSR count). The molecule has 0 spiro atoms. The first-order valence-electron chi connectivity index (χ1n) is 13.2. The molecule has 10 heteroatoms. The number of amides is 1. The number of fused-ring (bicyclic) bond motifs is 3. The van der Waals surface area contributed by atoms with Crippen LogP contribution in [0.25, 0.3) is 11.1 Å². The molecule has 2 atom stereocenters. The van der Waals surface area contributed by atoms with Gasteiger partial charge in [-0.2, -0.15) is 0 Å². The third-order valence-corrected chi connectivity index (χ3v) is 6.59. The van der Waals surface area contributed by atoms with Crippen molar-refractivity contribution < 1.29 is 43.7 Å². The van der Waals surface area contributed by atoms with E-state index in [1.165, 1.54) is 0 Å². The van der Waals surface area contributed by atoms with Gasteiger partial charge in [-0.3, -0.25) is 19.2 Å². The SMILES string of the molecule is CC(C)(C)OC(=O)CCC(NC(=O)OCC1c2ccccc2-c2ccccc21)C(=O)CC(CCC(=O)O)C(=O)O. The number of ether oxygens (including phenoxy) is 2. The summed E-state index contributed by atoms with van der Waals surface area (Å²) in [5, 5.41) is 20.9. The van der Waals surface area contributed by atoms with Gasteiger partial charge in [0.05, 0.1) is 12.0 Å². The second kappa shape index (κ2) is 13.2. The predicted molar refractivity (Wildman–Crippen MR) is 145 cm³/mol. The van der Waals surface area contributed by atoms with Gasteiger partial charge in [0.2, 0.25) is 0 Å². The third-order valence-electron chi connectivity index (χ3n) is 6.59. The Balaban J connectivity index is 1.69. The summed E-state index contributed by atoms with van der Waals surface area (Å²) in [5.41, 5.74) is 3.38. The number of rotatable bonds is 13. The molecular weight excluding hydrogens is 518 g/mol. The van der Waals surface area contributed by atoms with Crippen LogP contribution >= 0.6 is 0 Å². The third kappa shape index (κ3) is 8.39. The van der Waals surface area contributed by atoms with Crippen molar-refractivity contribution in [2.75, 3.05) is 6.61 Å². The smallest absolute Gasteiger partial charge is 0.407 e. The first kappa shape index (κ1) is 30.3. The predicted octanol–water partition coefficient (Wildman–Crippen LogP) is 4.54. The molecule has 2 aromatic carbocycles. The Morgan fingerprint density at radius 3 is 1.98 bits per heavy atom. The van der Waals surface area contributed by atoms with E-state index in [-0.39, 0.29) is 31.8 Å². The highest BCUT2D eigenvalue weighted by molar-refractivity contribution is 5.90. The minimum Gasteiger partial charge on any atom is -0.481 e. The van der Waals surface area contributed by atoms with Crippen molar-refractivity contribution in [3.8, 4) is 11.1 Å². The Hall–Kier alpha value is -4.21. The van der Waals surface area contributed by atoms with E-state index in [9.17, 15) is 29.1 Å². The average molecular weight is 554 g/mol. The highest BCUT2D eigenvalue weighted by Crippen LogP contribution is 2.44. The van der Waals surface area contributed by atoms with Gasteiger partial charge < -0.3 is 25.0 Å². The van der Waals surface area contributed by atoms with Crippen LogP contribution in [-0.2, 0) is 28.7 Å². The van der Waals surface area contributed by atoms with Crippen LogP contribution in [0.1, 0.15) is 69.9 Å². The summed E-state index contributed by atoms with van der Waals surface area (Å²) in [6, 6.07) is 14.4. The number of carboxylic acid groups (broad SMARTS) is 2. The van der Waals surface area contributed by atoms with Crippen molar-refractivity contribution in [1.29, 1.82) is 0 Å². The Kier molecular flexibility index (Phi) is 10.0. The van der Waals surface area contributed by atoms with E-state index >= 15 is 0 Å². The second-order valence-corrected chi connectivity index (χ2v) is 10.8. The van der Waals surface area contributed by atoms with Crippen molar-refractivity contribution in [3.05, 3.63) is 59.7 Å². The van der Waals surface area contributed by atoms with E-state index in [2.05, 4.69) is 5.32 Å². The highest BCUT2D eigenvalue weighted by atomic mass is 16.6. The Morgan fingerprint density at radius 1 is 0.875 bits per heavy atom. The largest absolute Gasteiger partial charge is 0.481 e. The molecule has 1 amide bonds. The van der Waals surface area contributed by atoms with Gasteiger partial charge in [-0.1, -0.05) is 48.5 Å². The van der Waals surface area contributed by atoms with E-state index < -0.39 is 60.2 Å². The summed E-state index contributed by atoms with van der Waals surface area (Å²) in [7, 11) is 0. The summed E-state index contributed by atoms with van der Waals surface area (Å²) in [6.45, 7) is 5.09. The van der Waals surface area contributed by atoms with E-state index in [1.54, 1.807) is 20.8 Å². The number of carboxylic acids is 2. The lowest BCUT2D eigenvalue weighted by Crippen LogP contribution is -2.43. The molecule has 3 N–H and O–H groups in total. The molecule has 0 saturated carbocycles. The molecule has 1 aliphatic carbocycles. The fourth-order valence-corrected chi connectivity index (χ4v) is 4.75. The van der Waals surface area contributed by atoms with E-state index in [4.69, 9.17) is 14.6 Å². The first-order chi connectivity index (χ1) is 18.9. The number of alkyl carbamates (subject to hydrolysis) is 1. The lowest BCUT2D eigenvalue weighted by Gasteiger charge is -2.22. The maximum atomic E-state index is 13.1. The van der Waals surface area contributed by atoms with Crippen molar-refractivity contribution in [1.82, 2.24) is 5.32 Å². The second-order valence-electron chi connectivity index (χ2n) is 10.8. The zero-order valence-electron chi connectivity index (χ0n) is 22.8. The van der Waals surface area contributed by atoms with Crippen LogP contribution in [0.5, 0.6) is 0 Å². The Bertz CT molecular complexity index is 1220. The van der Waals surface area contributed by atoms with E-state index in [1.807, 2.05) is 48.5 Å². The van der Waals surface area contributed by atoms with Crippen LogP contribution in [0.3, 0.4) is 0 Å². The summed E-state index contributed by atoms with van der Waals surface area (Å²) in [5.74, 6) is -5.19. The molecule has 0 aliphatic heterocycles. The van der Waals surface area contributed by atoms with Gasteiger partial charge in [0.15, 0.2) is 5.78 Å². The molecule has 0 fully saturated rings. The molecule has 0 bridgehead atoms. The first-order valence-corrected chi connectivity index (χ1v) is 13.2. The minimum atomic E-state index is -1.32. The van der Waals surface area contributed by atoms with Crippen LogP contribution < -0.4 is 5.32 Å². The standard InChI is InChI=1S/C30H35NO9/c1-30(2,3)40-27(35)15-13-24(25(32)16-18(28(36)37)12-14-26(33)34)31-29(38)39-17-23-21-10-6-4-8-19(21)20-9-5-7-11-22(20)23/h4-11,18,23-24H,12-17H2,1-3H3,(H,31,38)(H,33,34)(H,36,37). The molecule has 40 heavy (non-hydrogen) atoms. The molecule has 0 aromatic heterocycles. The maximum absolute atomic E-state index is 13.1. The number of benzene rings is 2. The molecule has 0 radical (unpaired) electrons. The van der Waals surface area contributed by atoms with Gasteiger partial charge >= 0.3 is 24.0 Å². The van der Waals surface area contributed by atoms with Gasteiger partial charge in [-0.25, -0.2) is 4.79 Å². The monoisotopic (exact) mass is 553 g/mol. The zero-order chi connectivity index (χ0) is 29.4. The van der Waals surface area contributed by atoms with Crippen molar-refractivity contribution >= 4 is 29.8 Å². The molecule has 2 aromatic rings. The lowest BCUT2D eigenvalue weighted by atomic mass is 9.93. The van der Waals surface area contributed by atoms with Crippen LogP contribution in [-0.4, -0.2) is 58.2 Å². The number of carbonyl (C=O) groups is 5. The molecule has 10 nitrogen and oxygen atoms in total. The minimum absolute atomic E-state index is 0.00317. The summed E-state index contributed by atoms with van der Waals surface area (Å²) in [6.07, 6.45) is -2.41. The van der Waals surface area contributed by atoms with E-state index in [0.717, 1.165) is 22.3 Å². The zero-order valence-corrected chi connectivity index (χ0v) is 22.8. The van der Waals surface area contributed by atoms with Crippen molar-refractivity contribution in [2.45, 2.75) is 70.4 Å². The van der Waals surface area contributed by atoms with Crippen molar-refractivity contribution in [2.24, 2.45) is 5.92 Å². The molecular formula is C30H35NO9. The Morgan fingerprint density at radius 2 is 1.45 bits per heavy atom. The molecule has 214 valence electrons. The maximum Gasteiger partial charge on any atom is 0.407 e. The van der Waals surface area contributed by atoms with Gasteiger partial charge in [-0.15, -0.1) is 0 Å². The summed E-state index contributed by atoms with van der Waals surface area (Å²) in [4.78, 5) is 60.8. The van der Waals surface area contributed by atoms with Crippen LogP contribution in [0.4, 0.5) is 4.79 Å². The average Bonchev–Trinajstić information content (AvgIpc) is 3.20. The summed E-state index contributed by atoms with van der Waals surface area (Å²) < 4.78 is 10.8. The van der Waals surface area contributed by atoms with Gasteiger partial charge in [0.1, 0.15) is 12.2 Å². The number of ketones is 1. The molecule has 2 unspecified atom stereocenters. The molecule has 0 saturated heterocycles. The van der Waals surface area contributed by atoms with Crippen molar-refractivity contribution in [3.63, 3.8) is 0 Å². The number of hydrogen-bond donors (Lipinski definition) is 3. The number of hydrogen-bond acceptors (Lipinski definition) is 7. The lowest BCUT2D eigenvalue weighted by molar-refractivity contribution is -0.155. The topological polar surface area (TPSA) is 156 Å². The quantitative estimate of drug-likeness (QED) is 0.303. The van der Waals surface area contributed by atoms with Gasteiger partial charge in [0, 0.05) is 25.2 Å². The van der Waals surface area contributed by atoms with Gasteiger partial charge in [-0.05, 0) is 55.9 Å². The number of Topliss-reactive ketones (excluding diaryl/α,β-unsaturated/α-hetero) is 1. The van der Waals surface area contributed by atoms with Crippen LogP contribution in [0, 0.1) is 5.92 Å². The number of nitrogens with one attached hydrogen (secondary N) is 1. The molecule has 0 heterocycles. The fraction of sp³-hybridized carbons (Fsp3) is 0.433. The number of esters is 1. The fourth-order valence-electron chi connectivity index (χ4n) is 4.75. The Labute approximate surface area is 232 Å². The summed E-state index contributed by atoms with van der Waals surface area (Å²) >= 11 is 0. The number of aliphatic carboxylic acids is 2.